The lowest BCUT2D eigenvalue weighted by Crippen LogP contribution is -2.15. The van der Waals surface area contributed by atoms with Crippen LogP contribution in [0, 0.1) is 13.8 Å². The molecule has 0 aliphatic carbocycles. The van der Waals surface area contributed by atoms with Gasteiger partial charge in [0.2, 0.25) is 0 Å². The Hall–Kier alpha value is -1.02. The molecule has 0 bridgehead atoms. The summed E-state index contributed by atoms with van der Waals surface area (Å²) in [5.74, 6) is 0.992. The van der Waals surface area contributed by atoms with Gasteiger partial charge in [0.1, 0.15) is 12.5 Å². The Bertz CT molecular complexity index is 238. The molecule has 0 aliphatic rings. The van der Waals surface area contributed by atoms with E-state index in [0.717, 1.165) is 5.75 Å². The molecule has 0 amide bonds. The summed E-state index contributed by atoms with van der Waals surface area (Å²) in [6.07, 6.45) is 0. The Labute approximate surface area is 73.6 Å². The van der Waals surface area contributed by atoms with Gasteiger partial charge in [-0.1, -0.05) is 18.2 Å². The SMILES string of the molecule is CNCOc1c(C)cccc1C. The predicted octanol–water partition coefficient (Wildman–Crippen LogP) is 1.86. The second-order valence-electron chi connectivity index (χ2n) is 2.86. The number of hydrogen-bond donors (Lipinski definition) is 1. The highest BCUT2D eigenvalue weighted by Gasteiger charge is 2.00. The molecule has 0 radical (unpaired) electrons. The molecule has 2 nitrogen and oxygen atoms in total. The van der Waals surface area contributed by atoms with Gasteiger partial charge in [0.15, 0.2) is 0 Å². The average Bonchev–Trinajstić information content (AvgIpc) is 2.04. The first-order valence-corrected chi connectivity index (χ1v) is 4.09. The maximum Gasteiger partial charge on any atom is 0.139 e. The van der Waals surface area contributed by atoms with Gasteiger partial charge in [-0.2, -0.15) is 0 Å². The Balaban J connectivity index is 2.81. The van der Waals surface area contributed by atoms with Gasteiger partial charge in [-0.3, -0.25) is 5.32 Å². The first-order chi connectivity index (χ1) is 5.75. The Morgan fingerprint density at radius 3 is 2.33 bits per heavy atom. The van der Waals surface area contributed by atoms with Crippen molar-refractivity contribution in [3.05, 3.63) is 29.3 Å². The van der Waals surface area contributed by atoms with Crippen LogP contribution in [0.25, 0.3) is 0 Å². The van der Waals surface area contributed by atoms with Crippen LogP contribution in [-0.2, 0) is 0 Å². The van der Waals surface area contributed by atoms with E-state index in [2.05, 4.69) is 31.3 Å². The molecule has 0 saturated heterocycles. The topological polar surface area (TPSA) is 21.3 Å². The molecule has 2 heteroatoms. The molecule has 0 saturated carbocycles. The zero-order chi connectivity index (χ0) is 8.97. The highest BCUT2D eigenvalue weighted by Crippen LogP contribution is 2.21. The number of hydrogen-bond acceptors (Lipinski definition) is 2. The van der Waals surface area contributed by atoms with Gasteiger partial charge in [-0.05, 0) is 32.0 Å². The molecule has 0 unspecified atom stereocenters. The van der Waals surface area contributed by atoms with Crippen molar-refractivity contribution in [3.63, 3.8) is 0 Å². The first kappa shape index (κ1) is 9.07. The van der Waals surface area contributed by atoms with E-state index in [4.69, 9.17) is 4.74 Å². The van der Waals surface area contributed by atoms with Crippen molar-refractivity contribution in [2.75, 3.05) is 13.8 Å². The maximum absolute atomic E-state index is 5.51. The summed E-state index contributed by atoms with van der Waals surface area (Å²) in [5.41, 5.74) is 2.37. The molecule has 1 rings (SSSR count). The van der Waals surface area contributed by atoms with Crippen LogP contribution in [0.2, 0.25) is 0 Å². The summed E-state index contributed by atoms with van der Waals surface area (Å²) >= 11 is 0. The van der Waals surface area contributed by atoms with Gasteiger partial charge in [0.05, 0.1) is 0 Å². The van der Waals surface area contributed by atoms with Gasteiger partial charge in [0.25, 0.3) is 0 Å². The molecule has 1 N–H and O–H groups in total. The van der Waals surface area contributed by atoms with Crippen molar-refractivity contribution in [1.29, 1.82) is 0 Å². The van der Waals surface area contributed by atoms with Crippen molar-refractivity contribution < 1.29 is 4.74 Å². The molecular formula is C10H15NO. The van der Waals surface area contributed by atoms with Gasteiger partial charge >= 0.3 is 0 Å². The Kier molecular flexibility index (Phi) is 3.11. The van der Waals surface area contributed by atoms with E-state index in [1.807, 2.05) is 13.1 Å². The summed E-state index contributed by atoms with van der Waals surface area (Å²) in [6, 6.07) is 6.15. The monoisotopic (exact) mass is 165 g/mol. The predicted molar refractivity (Wildman–Crippen MR) is 50.5 cm³/mol. The van der Waals surface area contributed by atoms with Crippen LogP contribution in [-0.4, -0.2) is 13.8 Å². The zero-order valence-corrected chi connectivity index (χ0v) is 7.85. The van der Waals surface area contributed by atoms with E-state index < -0.39 is 0 Å². The van der Waals surface area contributed by atoms with Gasteiger partial charge in [-0.25, -0.2) is 0 Å². The lowest BCUT2D eigenvalue weighted by atomic mass is 10.1. The van der Waals surface area contributed by atoms with Crippen molar-refractivity contribution in [1.82, 2.24) is 5.32 Å². The Morgan fingerprint density at radius 1 is 1.25 bits per heavy atom. The molecule has 0 heterocycles. The van der Waals surface area contributed by atoms with E-state index in [9.17, 15) is 0 Å². The number of aryl methyl sites for hydroxylation is 2. The summed E-state index contributed by atoms with van der Waals surface area (Å²) in [7, 11) is 1.87. The van der Waals surface area contributed by atoms with E-state index >= 15 is 0 Å². The minimum atomic E-state index is 0.561. The van der Waals surface area contributed by atoms with Crippen LogP contribution in [0.4, 0.5) is 0 Å². The molecule has 0 spiro atoms. The van der Waals surface area contributed by atoms with Gasteiger partial charge in [0, 0.05) is 0 Å². The minimum Gasteiger partial charge on any atom is -0.478 e. The maximum atomic E-state index is 5.51. The fourth-order valence-electron chi connectivity index (χ4n) is 1.17. The summed E-state index contributed by atoms with van der Waals surface area (Å²) < 4.78 is 5.51. The fourth-order valence-corrected chi connectivity index (χ4v) is 1.17. The largest absolute Gasteiger partial charge is 0.478 e. The van der Waals surface area contributed by atoms with Gasteiger partial charge < -0.3 is 4.74 Å². The van der Waals surface area contributed by atoms with Crippen LogP contribution in [0.15, 0.2) is 18.2 Å². The number of nitrogens with one attached hydrogen (secondary N) is 1. The molecule has 1 aromatic rings. The van der Waals surface area contributed by atoms with Crippen molar-refractivity contribution in [2.24, 2.45) is 0 Å². The lowest BCUT2D eigenvalue weighted by Gasteiger charge is -2.10. The third-order valence-electron chi connectivity index (χ3n) is 1.77. The molecular weight excluding hydrogens is 150 g/mol. The molecule has 0 aromatic heterocycles. The molecule has 0 aliphatic heterocycles. The molecule has 0 fully saturated rings. The second kappa shape index (κ2) is 4.12. The number of ether oxygens (including phenoxy) is 1. The van der Waals surface area contributed by atoms with Crippen LogP contribution < -0.4 is 10.1 Å². The lowest BCUT2D eigenvalue weighted by molar-refractivity contribution is 0.292. The van der Waals surface area contributed by atoms with Crippen molar-refractivity contribution in [3.8, 4) is 5.75 Å². The number of benzene rings is 1. The average molecular weight is 165 g/mol. The Morgan fingerprint density at radius 2 is 1.83 bits per heavy atom. The molecule has 1 aromatic carbocycles. The third kappa shape index (κ3) is 1.98. The first-order valence-electron chi connectivity index (χ1n) is 4.09. The summed E-state index contributed by atoms with van der Waals surface area (Å²) in [6.45, 7) is 4.67. The normalized spacial score (nSPS) is 9.92. The van der Waals surface area contributed by atoms with Crippen LogP contribution in [0.3, 0.4) is 0 Å². The fraction of sp³-hybridized carbons (Fsp3) is 0.400. The number of para-hydroxylation sites is 1. The highest BCUT2D eigenvalue weighted by molar-refractivity contribution is 5.39. The van der Waals surface area contributed by atoms with E-state index in [1.165, 1.54) is 11.1 Å². The zero-order valence-electron chi connectivity index (χ0n) is 7.85. The molecule has 12 heavy (non-hydrogen) atoms. The highest BCUT2D eigenvalue weighted by atomic mass is 16.5. The van der Waals surface area contributed by atoms with E-state index in [0.29, 0.717) is 6.73 Å². The third-order valence-corrected chi connectivity index (χ3v) is 1.77. The van der Waals surface area contributed by atoms with Crippen LogP contribution in [0.5, 0.6) is 5.75 Å². The smallest absolute Gasteiger partial charge is 0.139 e. The summed E-state index contributed by atoms with van der Waals surface area (Å²) in [5, 5.41) is 2.95. The van der Waals surface area contributed by atoms with Gasteiger partial charge in [-0.15, -0.1) is 0 Å². The molecule has 66 valence electrons. The minimum absolute atomic E-state index is 0.561. The second-order valence-corrected chi connectivity index (χ2v) is 2.86. The van der Waals surface area contributed by atoms with E-state index in [-0.39, 0.29) is 0 Å². The van der Waals surface area contributed by atoms with Crippen LogP contribution >= 0.6 is 0 Å². The van der Waals surface area contributed by atoms with Crippen molar-refractivity contribution >= 4 is 0 Å². The van der Waals surface area contributed by atoms with Crippen molar-refractivity contribution in [2.45, 2.75) is 13.8 Å². The summed E-state index contributed by atoms with van der Waals surface area (Å²) in [4.78, 5) is 0. The molecule has 0 atom stereocenters. The standard InChI is InChI=1S/C10H15NO/c1-8-5-4-6-9(2)10(8)12-7-11-3/h4-6,11H,7H2,1-3H3. The van der Waals surface area contributed by atoms with Crippen LogP contribution in [0.1, 0.15) is 11.1 Å². The van der Waals surface area contributed by atoms with E-state index in [1.54, 1.807) is 0 Å². The number of rotatable bonds is 3. The quantitative estimate of drug-likeness (QED) is 0.690.